The molecule has 0 saturated heterocycles. The summed E-state index contributed by atoms with van der Waals surface area (Å²) in [6.07, 6.45) is 2.76. The van der Waals surface area contributed by atoms with Gasteiger partial charge in [-0.3, -0.25) is 9.67 Å². The summed E-state index contributed by atoms with van der Waals surface area (Å²) in [6, 6.07) is 5.47. The van der Waals surface area contributed by atoms with Crippen molar-refractivity contribution in [1.29, 1.82) is 0 Å². The van der Waals surface area contributed by atoms with Crippen LogP contribution >= 0.6 is 0 Å². The van der Waals surface area contributed by atoms with E-state index in [2.05, 4.69) is 14.8 Å². The fourth-order valence-electron chi connectivity index (χ4n) is 1.69. The maximum Gasteiger partial charge on any atom is 0.244 e. The number of hydrogen-bond donors (Lipinski definition) is 2. The summed E-state index contributed by atoms with van der Waals surface area (Å²) >= 11 is 0. The zero-order chi connectivity index (χ0) is 14.6. The Hall–Kier alpha value is -1.77. The number of pyridine rings is 1. The molecular formula is C12H17N5O2S. The zero-order valence-corrected chi connectivity index (χ0v) is 12.0. The van der Waals surface area contributed by atoms with Gasteiger partial charge in [0.05, 0.1) is 25.0 Å². The third-order valence-electron chi connectivity index (χ3n) is 2.67. The lowest BCUT2D eigenvalue weighted by Gasteiger charge is -2.04. The van der Waals surface area contributed by atoms with Crippen LogP contribution in [-0.4, -0.2) is 29.7 Å². The van der Waals surface area contributed by atoms with E-state index >= 15 is 0 Å². The molecule has 0 saturated carbocycles. The number of rotatable bonds is 6. The van der Waals surface area contributed by atoms with E-state index in [1.807, 2.05) is 19.1 Å². The minimum Gasteiger partial charge on any atom is -0.329 e. The van der Waals surface area contributed by atoms with Crippen LogP contribution in [0.5, 0.6) is 0 Å². The van der Waals surface area contributed by atoms with Crippen molar-refractivity contribution in [1.82, 2.24) is 19.5 Å². The van der Waals surface area contributed by atoms with Gasteiger partial charge >= 0.3 is 0 Å². The summed E-state index contributed by atoms with van der Waals surface area (Å²) in [4.78, 5) is 4.36. The Morgan fingerprint density at radius 3 is 2.90 bits per heavy atom. The standard InChI is InChI=1S/C12H17N5O2S/c1-10-3-2-4-11(16-10)7-15-20(18,19)12-8-14-17(9-12)6-5-13/h2-4,8-9,15H,5-7,13H2,1H3. The third-order valence-corrected chi connectivity index (χ3v) is 4.02. The average Bonchev–Trinajstić information content (AvgIpc) is 2.87. The summed E-state index contributed by atoms with van der Waals surface area (Å²) in [5, 5.41) is 3.94. The van der Waals surface area contributed by atoms with Crippen molar-refractivity contribution < 1.29 is 8.42 Å². The maximum absolute atomic E-state index is 12.1. The van der Waals surface area contributed by atoms with Gasteiger partial charge in [-0.15, -0.1) is 0 Å². The molecule has 0 radical (unpaired) electrons. The molecule has 0 aromatic carbocycles. The molecule has 7 nitrogen and oxygen atoms in total. The smallest absolute Gasteiger partial charge is 0.244 e. The fraction of sp³-hybridized carbons (Fsp3) is 0.333. The molecule has 0 unspecified atom stereocenters. The first-order valence-corrected chi connectivity index (χ1v) is 7.64. The molecular weight excluding hydrogens is 278 g/mol. The topological polar surface area (TPSA) is 103 Å². The molecule has 108 valence electrons. The average molecular weight is 295 g/mol. The van der Waals surface area contributed by atoms with Gasteiger partial charge in [-0.25, -0.2) is 13.1 Å². The molecule has 20 heavy (non-hydrogen) atoms. The van der Waals surface area contributed by atoms with Crippen molar-refractivity contribution in [3.63, 3.8) is 0 Å². The number of nitrogens with two attached hydrogens (primary N) is 1. The summed E-state index contributed by atoms with van der Waals surface area (Å²) in [5.74, 6) is 0. The SMILES string of the molecule is Cc1cccc(CNS(=O)(=O)c2cnn(CCN)c2)n1. The highest BCUT2D eigenvalue weighted by molar-refractivity contribution is 7.89. The van der Waals surface area contributed by atoms with Gasteiger partial charge in [0, 0.05) is 18.4 Å². The molecule has 2 aromatic heterocycles. The summed E-state index contributed by atoms with van der Waals surface area (Å²) in [5.41, 5.74) is 6.91. The Bertz CT molecular complexity index is 681. The first-order chi connectivity index (χ1) is 9.51. The first-order valence-electron chi connectivity index (χ1n) is 6.16. The van der Waals surface area contributed by atoms with E-state index in [-0.39, 0.29) is 11.4 Å². The second kappa shape index (κ2) is 6.12. The lowest BCUT2D eigenvalue weighted by Crippen LogP contribution is -2.23. The maximum atomic E-state index is 12.1. The second-order valence-corrected chi connectivity index (χ2v) is 6.09. The fourth-order valence-corrected chi connectivity index (χ4v) is 2.64. The van der Waals surface area contributed by atoms with E-state index in [4.69, 9.17) is 5.73 Å². The number of hydrogen-bond acceptors (Lipinski definition) is 5. The van der Waals surface area contributed by atoms with Crippen molar-refractivity contribution in [2.24, 2.45) is 5.73 Å². The van der Waals surface area contributed by atoms with E-state index in [9.17, 15) is 8.42 Å². The Labute approximate surface area is 117 Å². The normalized spacial score (nSPS) is 11.7. The van der Waals surface area contributed by atoms with Gasteiger partial charge in [-0.1, -0.05) is 6.07 Å². The van der Waals surface area contributed by atoms with Gasteiger partial charge in [-0.05, 0) is 19.1 Å². The third kappa shape index (κ3) is 3.62. The molecule has 0 spiro atoms. The lowest BCUT2D eigenvalue weighted by atomic mass is 10.3. The molecule has 0 bridgehead atoms. The summed E-state index contributed by atoms with van der Waals surface area (Å²) in [7, 11) is -3.58. The van der Waals surface area contributed by atoms with Gasteiger partial charge in [0.2, 0.25) is 10.0 Å². The van der Waals surface area contributed by atoms with Gasteiger partial charge in [0.25, 0.3) is 0 Å². The molecule has 2 heterocycles. The van der Waals surface area contributed by atoms with Crippen LogP contribution in [0.4, 0.5) is 0 Å². The Morgan fingerprint density at radius 2 is 2.20 bits per heavy atom. The molecule has 8 heteroatoms. The van der Waals surface area contributed by atoms with Gasteiger partial charge in [-0.2, -0.15) is 5.10 Å². The van der Waals surface area contributed by atoms with Crippen molar-refractivity contribution in [3.05, 3.63) is 42.0 Å². The number of nitrogens with zero attached hydrogens (tertiary/aromatic N) is 3. The molecule has 0 aliphatic rings. The Morgan fingerprint density at radius 1 is 1.40 bits per heavy atom. The van der Waals surface area contributed by atoms with Crippen LogP contribution in [-0.2, 0) is 23.1 Å². The minimum atomic E-state index is -3.58. The van der Waals surface area contributed by atoms with Crippen molar-refractivity contribution in [2.45, 2.75) is 24.9 Å². The predicted octanol–water partition coefficient (Wildman–Crippen LogP) is 0.0237. The van der Waals surface area contributed by atoms with Crippen LogP contribution in [0.25, 0.3) is 0 Å². The predicted molar refractivity (Wildman–Crippen MR) is 74.3 cm³/mol. The lowest BCUT2D eigenvalue weighted by molar-refractivity contribution is 0.579. The van der Waals surface area contributed by atoms with Crippen LogP contribution < -0.4 is 10.5 Å². The van der Waals surface area contributed by atoms with Crippen LogP contribution in [0.2, 0.25) is 0 Å². The van der Waals surface area contributed by atoms with E-state index in [1.54, 1.807) is 6.07 Å². The van der Waals surface area contributed by atoms with E-state index in [1.165, 1.54) is 17.1 Å². The summed E-state index contributed by atoms with van der Waals surface area (Å²) in [6.45, 7) is 2.89. The quantitative estimate of drug-likeness (QED) is 0.782. The monoisotopic (exact) mass is 295 g/mol. The Balaban J connectivity index is 2.06. The largest absolute Gasteiger partial charge is 0.329 e. The van der Waals surface area contributed by atoms with Crippen LogP contribution in [0.15, 0.2) is 35.5 Å². The summed E-state index contributed by atoms with van der Waals surface area (Å²) < 4.78 is 28.2. The second-order valence-electron chi connectivity index (χ2n) is 4.32. The van der Waals surface area contributed by atoms with E-state index < -0.39 is 10.0 Å². The molecule has 2 rings (SSSR count). The van der Waals surface area contributed by atoms with Crippen LogP contribution in [0.3, 0.4) is 0 Å². The number of aryl methyl sites for hydroxylation is 1. The molecule has 0 atom stereocenters. The van der Waals surface area contributed by atoms with Gasteiger partial charge in [0.1, 0.15) is 4.90 Å². The van der Waals surface area contributed by atoms with E-state index in [0.717, 1.165) is 5.69 Å². The van der Waals surface area contributed by atoms with Gasteiger partial charge < -0.3 is 5.73 Å². The molecule has 0 fully saturated rings. The highest BCUT2D eigenvalue weighted by atomic mass is 32.2. The van der Waals surface area contributed by atoms with E-state index in [0.29, 0.717) is 18.8 Å². The van der Waals surface area contributed by atoms with Crippen molar-refractivity contribution in [3.8, 4) is 0 Å². The zero-order valence-electron chi connectivity index (χ0n) is 11.2. The van der Waals surface area contributed by atoms with Gasteiger partial charge in [0.15, 0.2) is 0 Å². The molecule has 0 aliphatic heterocycles. The molecule has 2 aromatic rings. The number of sulfonamides is 1. The first kappa shape index (κ1) is 14.6. The Kier molecular flexibility index (Phi) is 4.48. The highest BCUT2D eigenvalue weighted by Gasteiger charge is 2.16. The molecule has 0 amide bonds. The molecule has 0 aliphatic carbocycles. The van der Waals surface area contributed by atoms with Crippen molar-refractivity contribution >= 4 is 10.0 Å². The number of nitrogens with one attached hydrogen (secondary N) is 1. The minimum absolute atomic E-state index is 0.124. The van der Waals surface area contributed by atoms with Crippen LogP contribution in [0, 0.1) is 6.92 Å². The highest BCUT2D eigenvalue weighted by Crippen LogP contribution is 2.08. The molecule has 3 N–H and O–H groups in total. The van der Waals surface area contributed by atoms with Crippen LogP contribution in [0.1, 0.15) is 11.4 Å². The number of aromatic nitrogens is 3. The van der Waals surface area contributed by atoms with Crippen molar-refractivity contribution in [2.75, 3.05) is 6.54 Å².